The molecule has 0 bridgehead atoms. The summed E-state index contributed by atoms with van der Waals surface area (Å²) in [6.45, 7) is 3.10. The fourth-order valence-corrected chi connectivity index (χ4v) is 3.57. The third-order valence-corrected chi connectivity index (χ3v) is 5.28. The maximum absolute atomic E-state index is 13.7. The average Bonchev–Trinajstić information content (AvgIpc) is 2.77. The van der Waals surface area contributed by atoms with E-state index >= 15 is 0 Å². The van der Waals surface area contributed by atoms with Crippen molar-refractivity contribution in [2.24, 2.45) is 5.92 Å². The smallest absolute Gasteiger partial charge is 0.229 e. The highest BCUT2D eigenvalue weighted by atomic mass is 19.1. The summed E-state index contributed by atoms with van der Waals surface area (Å²) in [4.78, 5) is 14.8. The second-order valence-electron chi connectivity index (χ2n) is 7.38. The highest BCUT2D eigenvalue weighted by molar-refractivity contribution is 5.93. The van der Waals surface area contributed by atoms with E-state index in [9.17, 15) is 9.18 Å². The lowest BCUT2D eigenvalue weighted by Gasteiger charge is -2.32. The first-order chi connectivity index (χ1) is 14.1. The lowest BCUT2D eigenvalue weighted by Crippen LogP contribution is -2.41. The number of benzene rings is 2. The molecule has 0 aliphatic carbocycles. The van der Waals surface area contributed by atoms with Crippen molar-refractivity contribution in [1.82, 2.24) is 10.2 Å². The summed E-state index contributed by atoms with van der Waals surface area (Å²) in [5.74, 6) is 0.181. The minimum Gasteiger partial charge on any atom is -0.354 e. The zero-order chi connectivity index (χ0) is 20.2. The zero-order valence-electron chi connectivity index (χ0n) is 16.3. The van der Waals surface area contributed by atoms with E-state index < -0.39 is 0 Å². The van der Waals surface area contributed by atoms with Crippen LogP contribution in [0.25, 0.3) is 11.3 Å². The Morgan fingerprint density at radius 3 is 2.66 bits per heavy atom. The number of rotatable bonds is 4. The molecule has 1 fully saturated rings. The van der Waals surface area contributed by atoms with Gasteiger partial charge in [-0.3, -0.25) is 4.79 Å². The molecule has 29 heavy (non-hydrogen) atoms. The number of piperidine rings is 1. The van der Waals surface area contributed by atoms with Gasteiger partial charge < -0.3 is 10.2 Å². The summed E-state index contributed by atoms with van der Waals surface area (Å²) in [6.07, 6.45) is 1.69. The van der Waals surface area contributed by atoms with E-state index in [-0.39, 0.29) is 17.6 Å². The summed E-state index contributed by atoms with van der Waals surface area (Å²) in [5, 5.41) is 11.6. The molecular weight excluding hydrogens is 367 g/mol. The van der Waals surface area contributed by atoms with Gasteiger partial charge >= 0.3 is 0 Å². The van der Waals surface area contributed by atoms with Crippen molar-refractivity contribution in [1.29, 1.82) is 0 Å². The van der Waals surface area contributed by atoms with Crippen molar-refractivity contribution in [2.45, 2.75) is 19.8 Å². The fraction of sp³-hybridized carbons (Fsp3) is 0.261. The van der Waals surface area contributed by atoms with Crippen LogP contribution in [-0.4, -0.2) is 29.2 Å². The summed E-state index contributed by atoms with van der Waals surface area (Å²) in [5.41, 5.74) is 2.89. The molecule has 1 atom stereocenters. The van der Waals surface area contributed by atoms with Crippen LogP contribution in [0.5, 0.6) is 0 Å². The van der Waals surface area contributed by atoms with Gasteiger partial charge in [0.15, 0.2) is 5.82 Å². The third-order valence-electron chi connectivity index (χ3n) is 5.28. The molecule has 2 aromatic carbocycles. The molecule has 0 saturated carbocycles. The fourth-order valence-electron chi connectivity index (χ4n) is 3.57. The monoisotopic (exact) mass is 390 g/mol. The number of anilines is 2. The standard InChI is InChI=1S/C23H23FN4O/c1-16-9-10-19(14-20(16)24)25-23(29)18-8-5-13-28(15-18)22-12-11-21(26-27-22)17-6-3-2-4-7-17/h2-4,6-7,9-12,14,18H,5,8,13,15H2,1H3,(H,25,29). The van der Waals surface area contributed by atoms with E-state index in [4.69, 9.17) is 0 Å². The Bertz CT molecular complexity index is 992. The Labute approximate surface area is 169 Å². The lowest BCUT2D eigenvalue weighted by molar-refractivity contribution is -0.120. The maximum atomic E-state index is 13.7. The number of nitrogens with zero attached hydrogens (tertiary/aromatic N) is 3. The first-order valence-corrected chi connectivity index (χ1v) is 9.81. The van der Waals surface area contributed by atoms with Crippen LogP contribution in [0.3, 0.4) is 0 Å². The highest BCUT2D eigenvalue weighted by Gasteiger charge is 2.27. The summed E-state index contributed by atoms with van der Waals surface area (Å²) in [7, 11) is 0. The van der Waals surface area contributed by atoms with Gasteiger partial charge in [-0.25, -0.2) is 4.39 Å². The predicted molar refractivity (Wildman–Crippen MR) is 112 cm³/mol. The van der Waals surface area contributed by atoms with Crippen LogP contribution in [0.1, 0.15) is 18.4 Å². The van der Waals surface area contributed by atoms with Crippen molar-refractivity contribution in [3.8, 4) is 11.3 Å². The molecule has 1 N–H and O–H groups in total. The van der Waals surface area contributed by atoms with E-state index in [0.717, 1.165) is 36.5 Å². The second-order valence-corrected chi connectivity index (χ2v) is 7.38. The largest absolute Gasteiger partial charge is 0.354 e. The summed E-state index contributed by atoms with van der Waals surface area (Å²) in [6, 6.07) is 18.6. The molecule has 0 spiro atoms. The summed E-state index contributed by atoms with van der Waals surface area (Å²) >= 11 is 0. The number of hydrogen-bond donors (Lipinski definition) is 1. The molecule has 148 valence electrons. The van der Waals surface area contributed by atoms with Crippen molar-refractivity contribution in [3.63, 3.8) is 0 Å². The third kappa shape index (κ3) is 4.42. The Balaban J connectivity index is 1.42. The number of halogens is 1. The van der Waals surface area contributed by atoms with Gasteiger partial charge in [-0.1, -0.05) is 36.4 Å². The van der Waals surface area contributed by atoms with Crippen LogP contribution in [0.15, 0.2) is 60.7 Å². The van der Waals surface area contributed by atoms with Crippen molar-refractivity contribution < 1.29 is 9.18 Å². The Kier molecular flexibility index (Phi) is 5.51. The van der Waals surface area contributed by atoms with Gasteiger partial charge in [0.05, 0.1) is 11.6 Å². The molecule has 1 unspecified atom stereocenters. The Morgan fingerprint density at radius 1 is 1.10 bits per heavy atom. The molecule has 1 saturated heterocycles. The molecular formula is C23H23FN4O. The predicted octanol–water partition coefficient (Wildman–Crippen LogP) is 4.45. The van der Waals surface area contributed by atoms with E-state index in [2.05, 4.69) is 20.4 Å². The lowest BCUT2D eigenvalue weighted by atomic mass is 9.97. The molecule has 1 aliphatic heterocycles. The normalized spacial score (nSPS) is 16.5. The molecule has 1 aromatic heterocycles. The van der Waals surface area contributed by atoms with E-state index in [0.29, 0.717) is 17.8 Å². The Hall–Kier alpha value is -3.28. The van der Waals surface area contributed by atoms with Gasteiger partial charge in [-0.05, 0) is 49.6 Å². The zero-order valence-corrected chi connectivity index (χ0v) is 16.3. The molecule has 1 aliphatic rings. The number of carbonyl (C=O) groups is 1. The molecule has 6 heteroatoms. The molecule has 2 heterocycles. The number of aromatic nitrogens is 2. The quantitative estimate of drug-likeness (QED) is 0.715. The van der Waals surface area contributed by atoms with Crippen LogP contribution in [-0.2, 0) is 4.79 Å². The van der Waals surface area contributed by atoms with E-state index in [1.165, 1.54) is 6.07 Å². The maximum Gasteiger partial charge on any atom is 0.229 e. The number of nitrogens with one attached hydrogen (secondary N) is 1. The first-order valence-electron chi connectivity index (χ1n) is 9.81. The number of amides is 1. The molecule has 5 nitrogen and oxygen atoms in total. The van der Waals surface area contributed by atoms with Crippen LogP contribution in [0, 0.1) is 18.7 Å². The van der Waals surface area contributed by atoms with Gasteiger partial charge in [0.25, 0.3) is 0 Å². The average molecular weight is 390 g/mol. The van der Waals surface area contributed by atoms with Gasteiger partial charge in [0, 0.05) is 24.3 Å². The van der Waals surface area contributed by atoms with Crippen molar-refractivity contribution >= 4 is 17.4 Å². The van der Waals surface area contributed by atoms with Gasteiger partial charge in [-0.15, -0.1) is 10.2 Å². The number of carbonyl (C=O) groups excluding carboxylic acids is 1. The second kappa shape index (κ2) is 8.39. The van der Waals surface area contributed by atoms with Gasteiger partial charge in [0.2, 0.25) is 5.91 Å². The number of hydrogen-bond acceptors (Lipinski definition) is 4. The molecule has 4 rings (SSSR count). The van der Waals surface area contributed by atoms with Crippen LogP contribution >= 0.6 is 0 Å². The molecule has 1 amide bonds. The van der Waals surface area contributed by atoms with Crippen LogP contribution < -0.4 is 10.2 Å². The minimum absolute atomic E-state index is 0.0909. The summed E-state index contributed by atoms with van der Waals surface area (Å²) < 4.78 is 13.7. The van der Waals surface area contributed by atoms with Gasteiger partial charge in [0.1, 0.15) is 5.82 Å². The molecule has 0 radical (unpaired) electrons. The first kappa shape index (κ1) is 19.1. The minimum atomic E-state index is -0.318. The topological polar surface area (TPSA) is 58.1 Å². The van der Waals surface area contributed by atoms with Crippen molar-refractivity contribution in [2.75, 3.05) is 23.3 Å². The van der Waals surface area contributed by atoms with Crippen LogP contribution in [0.2, 0.25) is 0 Å². The van der Waals surface area contributed by atoms with Gasteiger partial charge in [-0.2, -0.15) is 0 Å². The van der Waals surface area contributed by atoms with E-state index in [1.807, 2.05) is 42.5 Å². The molecule has 3 aromatic rings. The highest BCUT2D eigenvalue weighted by Crippen LogP contribution is 2.24. The number of aryl methyl sites for hydroxylation is 1. The van der Waals surface area contributed by atoms with Crippen molar-refractivity contribution in [3.05, 3.63) is 72.0 Å². The SMILES string of the molecule is Cc1ccc(NC(=O)C2CCCN(c3ccc(-c4ccccc4)nn3)C2)cc1F. The Morgan fingerprint density at radius 2 is 1.93 bits per heavy atom. The van der Waals surface area contributed by atoms with Crippen LogP contribution in [0.4, 0.5) is 15.9 Å². The van der Waals surface area contributed by atoms with E-state index in [1.54, 1.807) is 19.1 Å².